The Morgan fingerprint density at radius 1 is 0.941 bits per heavy atom. The molecule has 34 heavy (non-hydrogen) atoms. The van der Waals surface area contributed by atoms with Gasteiger partial charge in [0, 0.05) is 5.02 Å². The van der Waals surface area contributed by atoms with Gasteiger partial charge in [-0.2, -0.15) is 0 Å². The molecule has 4 rings (SSSR count). The van der Waals surface area contributed by atoms with E-state index in [4.69, 9.17) is 39.5 Å². The lowest BCUT2D eigenvalue weighted by Crippen LogP contribution is -2.54. The van der Waals surface area contributed by atoms with Crippen LogP contribution < -0.4 is 15.0 Å². The lowest BCUT2D eigenvalue weighted by atomic mass is 10.1. The Hall–Kier alpha value is -3.39. The summed E-state index contributed by atoms with van der Waals surface area (Å²) >= 11 is 18.6. The Morgan fingerprint density at radius 2 is 1.62 bits per heavy atom. The number of urea groups is 1. The van der Waals surface area contributed by atoms with Gasteiger partial charge in [-0.15, -0.1) is 0 Å². The van der Waals surface area contributed by atoms with Crippen LogP contribution >= 0.6 is 34.8 Å². The van der Waals surface area contributed by atoms with Crippen LogP contribution in [0.3, 0.4) is 0 Å². The second kappa shape index (κ2) is 9.85. The molecule has 0 bridgehead atoms. The van der Waals surface area contributed by atoms with E-state index < -0.39 is 23.7 Å². The molecule has 0 aliphatic carbocycles. The molecule has 1 aliphatic rings. The maximum atomic E-state index is 13.2. The molecule has 0 saturated carbocycles. The molecule has 0 spiro atoms. The molecule has 4 amide bonds. The molecule has 3 aromatic rings. The van der Waals surface area contributed by atoms with Crippen LogP contribution in [0.1, 0.15) is 11.1 Å². The number of halogens is 4. The van der Waals surface area contributed by atoms with Crippen molar-refractivity contribution >= 4 is 64.4 Å². The number of barbiturate groups is 1. The third-order valence-electron chi connectivity index (χ3n) is 4.79. The molecule has 1 aliphatic heterocycles. The third kappa shape index (κ3) is 5.07. The highest BCUT2D eigenvalue weighted by Crippen LogP contribution is 2.36. The molecule has 1 N–H and O–H groups in total. The fourth-order valence-corrected chi connectivity index (χ4v) is 4.06. The zero-order valence-electron chi connectivity index (χ0n) is 17.2. The Labute approximate surface area is 208 Å². The summed E-state index contributed by atoms with van der Waals surface area (Å²) in [5.41, 5.74) is 0.907. The Balaban J connectivity index is 1.60. The quantitative estimate of drug-likeness (QED) is 0.330. The van der Waals surface area contributed by atoms with Gasteiger partial charge in [-0.1, -0.05) is 46.9 Å². The molecule has 1 fully saturated rings. The van der Waals surface area contributed by atoms with E-state index in [1.807, 2.05) is 6.07 Å². The Morgan fingerprint density at radius 3 is 2.26 bits per heavy atom. The van der Waals surface area contributed by atoms with E-state index in [-0.39, 0.29) is 33.7 Å². The number of nitrogens with one attached hydrogen (secondary N) is 1. The number of hydrogen-bond donors (Lipinski definition) is 1. The van der Waals surface area contributed by atoms with Gasteiger partial charge in [-0.05, 0) is 65.7 Å². The normalized spacial score (nSPS) is 15.0. The summed E-state index contributed by atoms with van der Waals surface area (Å²) < 4.78 is 19.0. The van der Waals surface area contributed by atoms with Crippen LogP contribution in [0.4, 0.5) is 14.9 Å². The summed E-state index contributed by atoms with van der Waals surface area (Å²) in [7, 11) is 0. The van der Waals surface area contributed by atoms with Crippen molar-refractivity contribution in [3.63, 3.8) is 0 Å². The summed E-state index contributed by atoms with van der Waals surface area (Å²) in [6.45, 7) is 0.163. The maximum Gasteiger partial charge on any atom is 0.335 e. The number of ether oxygens (including phenoxy) is 1. The second-order valence-electron chi connectivity index (χ2n) is 7.17. The van der Waals surface area contributed by atoms with Crippen LogP contribution in [0.2, 0.25) is 15.1 Å². The van der Waals surface area contributed by atoms with E-state index in [1.54, 1.807) is 18.2 Å². The minimum Gasteiger partial charge on any atom is -0.486 e. The standard InChI is InChI=1S/C24H14Cl3FN2O4/c25-15-3-1-2-13(8-15)12-34-21-19(26)10-14(11-20(21)27)9-18-22(31)29-24(33)30(23(18)32)17-6-4-16(28)5-7-17/h1-11H,12H2,(H,29,31,33)/b18-9+. The lowest BCUT2D eigenvalue weighted by molar-refractivity contribution is -0.122. The molecule has 10 heteroatoms. The predicted molar refractivity (Wildman–Crippen MR) is 128 cm³/mol. The number of rotatable bonds is 5. The molecule has 1 heterocycles. The van der Waals surface area contributed by atoms with Crippen LogP contribution in [0.15, 0.2) is 66.2 Å². The minimum atomic E-state index is -0.945. The zero-order valence-corrected chi connectivity index (χ0v) is 19.4. The number of amides is 4. The molecule has 0 atom stereocenters. The monoisotopic (exact) mass is 518 g/mol. The average Bonchev–Trinajstić information content (AvgIpc) is 2.77. The summed E-state index contributed by atoms with van der Waals surface area (Å²) in [5.74, 6) is -2.09. The topological polar surface area (TPSA) is 75.7 Å². The summed E-state index contributed by atoms with van der Waals surface area (Å²) in [6.07, 6.45) is 1.25. The van der Waals surface area contributed by atoms with Crippen molar-refractivity contribution in [2.45, 2.75) is 6.61 Å². The van der Waals surface area contributed by atoms with Gasteiger partial charge in [0.05, 0.1) is 15.7 Å². The van der Waals surface area contributed by atoms with Gasteiger partial charge in [0.15, 0.2) is 5.75 Å². The summed E-state index contributed by atoms with van der Waals surface area (Å²) in [4.78, 5) is 38.3. The van der Waals surface area contributed by atoms with Crippen molar-refractivity contribution in [3.05, 3.63) is 98.2 Å². The van der Waals surface area contributed by atoms with Gasteiger partial charge >= 0.3 is 6.03 Å². The molecule has 0 aromatic heterocycles. The first-order valence-electron chi connectivity index (χ1n) is 9.76. The number of hydrogen-bond acceptors (Lipinski definition) is 4. The van der Waals surface area contributed by atoms with E-state index in [2.05, 4.69) is 5.32 Å². The number of imide groups is 2. The van der Waals surface area contributed by atoms with Crippen molar-refractivity contribution in [3.8, 4) is 5.75 Å². The largest absolute Gasteiger partial charge is 0.486 e. The zero-order chi connectivity index (χ0) is 24.4. The van der Waals surface area contributed by atoms with Crippen molar-refractivity contribution in [1.82, 2.24) is 5.32 Å². The van der Waals surface area contributed by atoms with E-state index in [0.29, 0.717) is 10.6 Å². The molecule has 6 nitrogen and oxygen atoms in total. The highest BCUT2D eigenvalue weighted by molar-refractivity contribution is 6.40. The molecular weight excluding hydrogens is 506 g/mol. The first-order valence-corrected chi connectivity index (χ1v) is 10.9. The van der Waals surface area contributed by atoms with Gasteiger partial charge in [-0.25, -0.2) is 14.1 Å². The first-order chi connectivity index (χ1) is 16.2. The van der Waals surface area contributed by atoms with Crippen molar-refractivity contribution in [2.24, 2.45) is 0 Å². The van der Waals surface area contributed by atoms with Gasteiger partial charge in [-0.3, -0.25) is 14.9 Å². The van der Waals surface area contributed by atoms with Crippen molar-refractivity contribution in [1.29, 1.82) is 0 Å². The smallest absolute Gasteiger partial charge is 0.335 e. The van der Waals surface area contributed by atoms with Gasteiger partial charge < -0.3 is 4.74 Å². The number of anilines is 1. The van der Waals surface area contributed by atoms with Gasteiger partial charge in [0.25, 0.3) is 11.8 Å². The van der Waals surface area contributed by atoms with Gasteiger partial charge in [0.1, 0.15) is 18.0 Å². The molecule has 0 radical (unpaired) electrons. The lowest BCUT2D eigenvalue weighted by Gasteiger charge is -2.26. The van der Waals surface area contributed by atoms with Crippen molar-refractivity contribution < 1.29 is 23.5 Å². The van der Waals surface area contributed by atoms with Crippen LogP contribution in [0, 0.1) is 5.82 Å². The Bertz CT molecular complexity index is 1320. The second-order valence-corrected chi connectivity index (χ2v) is 8.42. The van der Waals surface area contributed by atoms with Crippen LogP contribution in [-0.4, -0.2) is 17.8 Å². The van der Waals surface area contributed by atoms with E-state index >= 15 is 0 Å². The highest BCUT2D eigenvalue weighted by atomic mass is 35.5. The number of benzene rings is 3. The highest BCUT2D eigenvalue weighted by Gasteiger charge is 2.36. The van der Waals surface area contributed by atoms with E-state index in [1.165, 1.54) is 30.3 Å². The van der Waals surface area contributed by atoms with Gasteiger partial charge in [0.2, 0.25) is 0 Å². The maximum absolute atomic E-state index is 13.2. The fourth-order valence-electron chi connectivity index (χ4n) is 3.23. The predicted octanol–water partition coefficient (Wildman–Crippen LogP) is 6.03. The average molecular weight is 520 g/mol. The molecule has 1 saturated heterocycles. The number of nitrogens with zero attached hydrogens (tertiary/aromatic N) is 1. The first kappa shape index (κ1) is 23.8. The molecule has 172 valence electrons. The van der Waals surface area contributed by atoms with Crippen LogP contribution in [0.5, 0.6) is 5.75 Å². The van der Waals surface area contributed by atoms with E-state index in [9.17, 15) is 18.8 Å². The molecule has 3 aromatic carbocycles. The SMILES string of the molecule is O=C1NC(=O)N(c2ccc(F)cc2)C(=O)/C1=C/c1cc(Cl)c(OCc2cccc(Cl)c2)c(Cl)c1. The third-order valence-corrected chi connectivity index (χ3v) is 5.59. The fraction of sp³-hybridized carbons (Fsp3) is 0.0417. The minimum absolute atomic E-state index is 0.100. The molecular formula is C24H14Cl3FN2O4. The van der Waals surface area contributed by atoms with Crippen LogP contribution in [-0.2, 0) is 16.2 Å². The summed E-state index contributed by atoms with van der Waals surface area (Å²) in [5, 5.41) is 2.95. The van der Waals surface area contributed by atoms with E-state index in [0.717, 1.165) is 22.6 Å². The number of carbonyl (C=O) groups excluding carboxylic acids is 3. The molecule has 0 unspecified atom stereocenters. The number of carbonyl (C=O) groups is 3. The Kier molecular flexibility index (Phi) is 6.88. The van der Waals surface area contributed by atoms with Crippen molar-refractivity contribution in [2.75, 3.05) is 4.90 Å². The summed E-state index contributed by atoms with van der Waals surface area (Å²) in [6, 6.07) is 13.8. The van der Waals surface area contributed by atoms with Crippen LogP contribution in [0.25, 0.3) is 6.08 Å².